The number of allylic oxidation sites excluding steroid dienone is 5. The molecular formula is C56H96NO4. The van der Waals surface area contributed by atoms with Gasteiger partial charge in [-0.2, -0.15) is 0 Å². The molecule has 0 N–H and O–H groups in total. The average molecular weight is 847 g/mol. The second-order valence-electron chi connectivity index (χ2n) is 22.0. The van der Waals surface area contributed by atoms with Gasteiger partial charge in [-0.05, 0) is 168 Å². The predicted molar refractivity (Wildman–Crippen MR) is 257 cm³/mol. The Morgan fingerprint density at radius 3 is 2.34 bits per heavy atom. The van der Waals surface area contributed by atoms with E-state index >= 15 is 0 Å². The zero-order chi connectivity index (χ0) is 42.8. The third-order valence-electron chi connectivity index (χ3n) is 17.0. The van der Waals surface area contributed by atoms with Crippen molar-refractivity contribution < 1.29 is 18.9 Å². The number of hydrogen-bond donors (Lipinski definition) is 0. The molecule has 61 heavy (non-hydrogen) atoms. The van der Waals surface area contributed by atoms with Crippen LogP contribution in [0.15, 0.2) is 36.0 Å². The van der Waals surface area contributed by atoms with Crippen molar-refractivity contribution in [2.75, 3.05) is 59.3 Å². The molecule has 5 nitrogen and oxygen atoms in total. The van der Waals surface area contributed by atoms with E-state index in [1.807, 2.05) is 0 Å². The molecule has 0 aromatic rings. The maximum absolute atomic E-state index is 6.49. The lowest BCUT2D eigenvalue weighted by Gasteiger charge is -2.51. The van der Waals surface area contributed by atoms with Crippen LogP contribution in [0.1, 0.15) is 195 Å². The first-order chi connectivity index (χ1) is 29.8. The second kappa shape index (κ2) is 25.6. The van der Waals surface area contributed by atoms with Crippen LogP contribution >= 0.6 is 0 Å². The summed E-state index contributed by atoms with van der Waals surface area (Å²) in [6.45, 7) is 19.5. The van der Waals surface area contributed by atoms with Crippen molar-refractivity contribution in [2.45, 2.75) is 207 Å². The largest absolute Gasteiger partial charge is 0.379 e. The normalized spacial score (nSPS) is 32.7. The third kappa shape index (κ3) is 14.3. The highest BCUT2D eigenvalue weighted by molar-refractivity contribution is 5.34. The van der Waals surface area contributed by atoms with Crippen molar-refractivity contribution in [3.8, 4) is 0 Å². The molecule has 4 saturated carbocycles. The molecule has 6 aliphatic rings. The van der Waals surface area contributed by atoms with E-state index in [0.717, 1.165) is 62.0 Å². The first-order valence-corrected chi connectivity index (χ1v) is 26.7. The average Bonchev–Trinajstić information content (AvgIpc) is 3.60. The standard InChI is InChI=1S/C56H96NO4/c1-6-7-8-9-10-11-12-13-14-15-16-17-18-19-20-23-36-59-44-50(43-57-35-30-47(4)42-57)61-40-38-58-37-39-60-49-25-26-51-48(41-49)29-32-55-45-56(55)34-33-54(5,31-22-21-24-46(2)3)53(56)28-27-52(51)55/h10-11,13-14,29,31,46-47,49-53H,6-9,12,15-28,30,32-45H2,1-5H3/b11-10-,14-13-/t47?,49-,50?,51?,52+,53?,54-,55-,56-/m0/s1. The molecule has 1 heterocycles. The fourth-order valence-corrected chi connectivity index (χ4v) is 13.6. The van der Waals surface area contributed by atoms with Crippen LogP contribution in [0.25, 0.3) is 0 Å². The zero-order valence-corrected chi connectivity index (χ0v) is 40.6. The van der Waals surface area contributed by atoms with Gasteiger partial charge in [-0.15, -0.1) is 0 Å². The Hall–Kier alpha value is -0.980. The Balaban J connectivity index is 0.795. The fourth-order valence-electron chi connectivity index (χ4n) is 13.6. The molecule has 5 fully saturated rings. The molecule has 1 saturated heterocycles. The summed E-state index contributed by atoms with van der Waals surface area (Å²) in [6.07, 6.45) is 48.6. The topological polar surface area (TPSA) is 40.2 Å². The molecule has 4 unspecified atom stereocenters. The molecule has 1 aliphatic heterocycles. The van der Waals surface area contributed by atoms with Gasteiger partial charge in [0.05, 0.1) is 45.2 Å². The molecule has 0 bridgehead atoms. The summed E-state index contributed by atoms with van der Waals surface area (Å²) in [4.78, 5) is 2.57. The molecule has 1 radical (unpaired) electrons. The van der Waals surface area contributed by atoms with Crippen LogP contribution in [0.3, 0.4) is 0 Å². The van der Waals surface area contributed by atoms with Gasteiger partial charge in [-0.1, -0.05) is 122 Å². The number of hydrogen-bond acceptors (Lipinski definition) is 5. The minimum absolute atomic E-state index is 0.115. The van der Waals surface area contributed by atoms with Crippen LogP contribution < -0.4 is 0 Å². The summed E-state index contributed by atoms with van der Waals surface area (Å²) in [6, 6.07) is 0. The van der Waals surface area contributed by atoms with Gasteiger partial charge >= 0.3 is 0 Å². The van der Waals surface area contributed by atoms with Crippen molar-refractivity contribution in [3.63, 3.8) is 0 Å². The van der Waals surface area contributed by atoms with Gasteiger partial charge in [-0.3, -0.25) is 0 Å². The van der Waals surface area contributed by atoms with Crippen molar-refractivity contribution >= 4 is 0 Å². The Morgan fingerprint density at radius 2 is 1.56 bits per heavy atom. The monoisotopic (exact) mass is 847 g/mol. The van der Waals surface area contributed by atoms with Crippen LogP contribution in [0.2, 0.25) is 0 Å². The van der Waals surface area contributed by atoms with Gasteiger partial charge in [0.25, 0.3) is 0 Å². The van der Waals surface area contributed by atoms with Crippen LogP contribution in [0, 0.1) is 52.3 Å². The van der Waals surface area contributed by atoms with E-state index in [9.17, 15) is 0 Å². The molecule has 0 aromatic carbocycles. The van der Waals surface area contributed by atoms with Crippen molar-refractivity contribution in [1.29, 1.82) is 0 Å². The lowest BCUT2D eigenvalue weighted by molar-refractivity contribution is -0.0600. The number of nitrogens with zero attached hydrogens (tertiary/aromatic N) is 1. The molecule has 5 aliphatic carbocycles. The summed E-state index contributed by atoms with van der Waals surface area (Å²) in [7, 11) is 0. The van der Waals surface area contributed by atoms with Crippen LogP contribution in [0.5, 0.6) is 0 Å². The van der Waals surface area contributed by atoms with E-state index in [0.29, 0.717) is 55.4 Å². The van der Waals surface area contributed by atoms with E-state index in [-0.39, 0.29) is 6.10 Å². The third-order valence-corrected chi connectivity index (χ3v) is 17.0. The molecule has 5 heteroatoms. The number of ether oxygens (including phenoxy) is 4. The highest BCUT2D eigenvalue weighted by atomic mass is 16.6. The lowest BCUT2D eigenvalue weighted by atomic mass is 9.54. The molecule has 6 rings (SSSR count). The minimum atomic E-state index is 0.115. The summed E-state index contributed by atoms with van der Waals surface area (Å²) < 4.78 is 25.2. The molecule has 2 spiro atoms. The van der Waals surface area contributed by atoms with Gasteiger partial charge in [0.15, 0.2) is 0 Å². The Labute approximate surface area is 377 Å². The fraction of sp³-hybridized carbons (Fsp3) is 0.875. The maximum Gasteiger partial charge on any atom is 0.0936 e. The highest BCUT2D eigenvalue weighted by Gasteiger charge is 2.79. The summed E-state index contributed by atoms with van der Waals surface area (Å²) in [5, 5.41) is 0. The first kappa shape index (κ1) is 49.5. The zero-order valence-electron chi connectivity index (χ0n) is 40.6. The number of rotatable bonds is 32. The summed E-state index contributed by atoms with van der Waals surface area (Å²) >= 11 is 0. The maximum atomic E-state index is 6.49. The summed E-state index contributed by atoms with van der Waals surface area (Å²) in [5.74, 6) is 4.33. The van der Waals surface area contributed by atoms with Gasteiger partial charge < -0.3 is 23.8 Å². The molecule has 9 atom stereocenters. The van der Waals surface area contributed by atoms with Crippen molar-refractivity contribution in [1.82, 2.24) is 4.90 Å². The first-order valence-electron chi connectivity index (χ1n) is 26.7. The Morgan fingerprint density at radius 1 is 0.770 bits per heavy atom. The lowest BCUT2D eigenvalue weighted by Crippen LogP contribution is -2.43. The Kier molecular flexibility index (Phi) is 20.8. The molecular weight excluding hydrogens is 751 g/mol. The van der Waals surface area contributed by atoms with Crippen LogP contribution in [0.4, 0.5) is 0 Å². The SMILES string of the molecule is CCCCC/C=C\C/C=C\CCCCCCCCOCC(CN1CCC(C)C1)OCCOCCO[C@H]1CCC2C(=CC[C@@]34C[C@]35CC[C@](C)([CH]CCCC(C)C)C5CC[C@H]24)C1. The quantitative estimate of drug-likeness (QED) is 0.0498. The van der Waals surface area contributed by atoms with E-state index < -0.39 is 0 Å². The number of fused-ring (bicyclic) bond motifs is 2. The predicted octanol–water partition coefficient (Wildman–Crippen LogP) is 14.3. The van der Waals surface area contributed by atoms with E-state index in [1.165, 1.54) is 154 Å². The molecule has 0 amide bonds. The van der Waals surface area contributed by atoms with Crippen LogP contribution in [-0.4, -0.2) is 76.4 Å². The highest BCUT2D eigenvalue weighted by Crippen LogP contribution is 2.86. The van der Waals surface area contributed by atoms with Gasteiger partial charge in [0.2, 0.25) is 0 Å². The van der Waals surface area contributed by atoms with Crippen molar-refractivity contribution in [2.24, 2.45) is 45.8 Å². The number of likely N-dealkylation sites (tertiary alicyclic amines) is 1. The second-order valence-corrected chi connectivity index (χ2v) is 22.0. The smallest absolute Gasteiger partial charge is 0.0936 e. The van der Waals surface area contributed by atoms with Gasteiger partial charge in [-0.25, -0.2) is 0 Å². The van der Waals surface area contributed by atoms with Crippen LogP contribution in [-0.2, 0) is 18.9 Å². The van der Waals surface area contributed by atoms with Gasteiger partial charge in [0.1, 0.15) is 0 Å². The number of unbranched alkanes of at least 4 members (excludes halogenated alkanes) is 10. The van der Waals surface area contributed by atoms with E-state index in [2.05, 4.69) is 76.3 Å². The Bertz CT molecular complexity index is 1330. The summed E-state index contributed by atoms with van der Waals surface area (Å²) in [5.41, 5.74) is 3.55. The van der Waals surface area contributed by atoms with E-state index in [4.69, 9.17) is 18.9 Å². The van der Waals surface area contributed by atoms with E-state index in [1.54, 1.807) is 5.57 Å². The molecule has 0 aromatic heterocycles. The minimum Gasteiger partial charge on any atom is -0.379 e. The molecule has 349 valence electrons. The van der Waals surface area contributed by atoms with Crippen molar-refractivity contribution in [3.05, 3.63) is 42.4 Å². The van der Waals surface area contributed by atoms with Gasteiger partial charge in [0, 0.05) is 19.7 Å².